The quantitative estimate of drug-likeness (QED) is 0.836. The number of nitrogens with zero attached hydrogens (tertiary/aromatic N) is 6. The third-order valence-corrected chi connectivity index (χ3v) is 4.63. The molecule has 1 unspecified atom stereocenters. The van der Waals surface area contributed by atoms with Gasteiger partial charge in [-0.15, -0.1) is 5.10 Å². The number of hydrogen-bond acceptors (Lipinski definition) is 5. The maximum Gasteiger partial charge on any atom is 0.169 e. The van der Waals surface area contributed by atoms with Gasteiger partial charge in [-0.25, -0.2) is 9.07 Å². The summed E-state index contributed by atoms with van der Waals surface area (Å²) in [7, 11) is 2.15. The molecule has 1 aliphatic heterocycles. The van der Waals surface area contributed by atoms with Gasteiger partial charge < -0.3 is 4.90 Å². The van der Waals surface area contributed by atoms with Crippen molar-refractivity contribution in [3.05, 3.63) is 41.5 Å². The lowest BCUT2D eigenvalue weighted by molar-refractivity contribution is 0.0812. The Kier molecular flexibility index (Phi) is 5.20. The van der Waals surface area contributed by atoms with E-state index in [4.69, 9.17) is 0 Å². The Morgan fingerprint density at radius 3 is 2.38 bits per heavy atom. The zero-order chi connectivity index (χ0) is 17.1. The summed E-state index contributed by atoms with van der Waals surface area (Å²) in [6.07, 6.45) is 0. The molecule has 3 rings (SSSR count). The first-order valence-electron chi connectivity index (χ1n) is 8.47. The van der Waals surface area contributed by atoms with Crippen LogP contribution in [0.25, 0.3) is 0 Å². The van der Waals surface area contributed by atoms with Gasteiger partial charge in [-0.3, -0.25) is 4.90 Å². The highest BCUT2D eigenvalue weighted by molar-refractivity contribution is 5.16. The second-order valence-corrected chi connectivity index (χ2v) is 6.85. The summed E-state index contributed by atoms with van der Waals surface area (Å²) >= 11 is 0. The van der Waals surface area contributed by atoms with Gasteiger partial charge in [-0.05, 0) is 41.1 Å². The normalized spacial score (nSPS) is 18.2. The molecule has 2 heterocycles. The molecule has 7 heteroatoms. The summed E-state index contributed by atoms with van der Waals surface area (Å²) in [5.74, 6) is 1.07. The highest BCUT2D eigenvalue weighted by Gasteiger charge is 2.30. The minimum atomic E-state index is -0.229. The number of hydrogen-bond donors (Lipinski definition) is 0. The van der Waals surface area contributed by atoms with E-state index in [1.807, 2.05) is 4.68 Å². The van der Waals surface area contributed by atoms with Crippen molar-refractivity contribution in [2.24, 2.45) is 5.92 Å². The van der Waals surface area contributed by atoms with Crippen LogP contribution in [0.15, 0.2) is 24.3 Å². The van der Waals surface area contributed by atoms with Gasteiger partial charge in [0.1, 0.15) is 5.82 Å². The van der Waals surface area contributed by atoms with E-state index in [1.54, 1.807) is 12.1 Å². The zero-order valence-electron chi connectivity index (χ0n) is 14.6. The van der Waals surface area contributed by atoms with Crippen LogP contribution < -0.4 is 0 Å². The molecule has 1 aromatic heterocycles. The molecule has 0 amide bonds. The van der Waals surface area contributed by atoms with Crippen LogP contribution in [0.2, 0.25) is 0 Å². The largest absolute Gasteiger partial charge is 0.304 e. The van der Waals surface area contributed by atoms with Gasteiger partial charge in [0.25, 0.3) is 0 Å². The lowest BCUT2D eigenvalue weighted by atomic mass is 10.0. The monoisotopic (exact) mass is 332 g/mol. The summed E-state index contributed by atoms with van der Waals surface area (Å²) < 4.78 is 14.9. The topological polar surface area (TPSA) is 50.1 Å². The molecular formula is C17H25FN6. The van der Waals surface area contributed by atoms with Crippen LogP contribution in [0.4, 0.5) is 4.39 Å². The number of benzene rings is 1. The van der Waals surface area contributed by atoms with E-state index in [0.717, 1.165) is 37.6 Å². The Morgan fingerprint density at radius 1 is 1.08 bits per heavy atom. The van der Waals surface area contributed by atoms with E-state index < -0.39 is 0 Å². The van der Waals surface area contributed by atoms with Gasteiger partial charge in [0.2, 0.25) is 0 Å². The van der Waals surface area contributed by atoms with Crippen molar-refractivity contribution in [3.63, 3.8) is 0 Å². The fourth-order valence-corrected chi connectivity index (χ4v) is 3.28. The molecule has 0 saturated carbocycles. The van der Waals surface area contributed by atoms with Crippen LogP contribution in [-0.2, 0) is 6.54 Å². The first-order valence-corrected chi connectivity index (χ1v) is 8.47. The average molecular weight is 332 g/mol. The molecule has 24 heavy (non-hydrogen) atoms. The van der Waals surface area contributed by atoms with Crippen LogP contribution in [-0.4, -0.2) is 63.2 Å². The second kappa shape index (κ2) is 7.36. The molecule has 1 atom stereocenters. The average Bonchev–Trinajstić information content (AvgIpc) is 2.99. The Labute approximate surface area is 142 Å². The minimum absolute atomic E-state index is 0.189. The van der Waals surface area contributed by atoms with Gasteiger partial charge in [0, 0.05) is 26.2 Å². The van der Waals surface area contributed by atoms with Gasteiger partial charge in [0.15, 0.2) is 5.82 Å². The van der Waals surface area contributed by atoms with Crippen molar-refractivity contribution < 1.29 is 4.39 Å². The summed E-state index contributed by atoms with van der Waals surface area (Å²) in [4.78, 5) is 4.81. The lowest BCUT2D eigenvalue weighted by Crippen LogP contribution is -2.47. The van der Waals surface area contributed by atoms with Crippen molar-refractivity contribution in [1.29, 1.82) is 0 Å². The summed E-state index contributed by atoms with van der Waals surface area (Å²) in [6.45, 7) is 9.12. The first-order chi connectivity index (χ1) is 11.5. The predicted octanol–water partition coefficient (Wildman–Crippen LogP) is 1.81. The smallest absolute Gasteiger partial charge is 0.169 e. The third kappa shape index (κ3) is 3.79. The van der Waals surface area contributed by atoms with Crippen molar-refractivity contribution in [2.45, 2.75) is 26.4 Å². The highest BCUT2D eigenvalue weighted by atomic mass is 19.1. The Bertz CT molecular complexity index is 645. The van der Waals surface area contributed by atoms with Crippen LogP contribution in [0.1, 0.15) is 31.3 Å². The van der Waals surface area contributed by atoms with Crippen molar-refractivity contribution in [3.8, 4) is 0 Å². The van der Waals surface area contributed by atoms with E-state index >= 15 is 0 Å². The van der Waals surface area contributed by atoms with Gasteiger partial charge >= 0.3 is 0 Å². The molecule has 1 aromatic carbocycles. The maximum absolute atomic E-state index is 13.1. The Balaban J connectivity index is 1.81. The van der Waals surface area contributed by atoms with E-state index in [1.165, 1.54) is 12.1 Å². The Morgan fingerprint density at radius 2 is 1.75 bits per heavy atom. The molecule has 6 nitrogen and oxygen atoms in total. The Hall–Kier alpha value is -1.86. The molecule has 2 aromatic rings. The minimum Gasteiger partial charge on any atom is -0.304 e. The highest BCUT2D eigenvalue weighted by Crippen LogP contribution is 2.27. The fourth-order valence-electron chi connectivity index (χ4n) is 3.28. The molecule has 0 spiro atoms. The third-order valence-electron chi connectivity index (χ3n) is 4.63. The van der Waals surface area contributed by atoms with Gasteiger partial charge in [0.05, 0.1) is 12.6 Å². The van der Waals surface area contributed by atoms with Crippen molar-refractivity contribution in [1.82, 2.24) is 30.0 Å². The fraction of sp³-hybridized carbons (Fsp3) is 0.588. The van der Waals surface area contributed by atoms with E-state index in [0.29, 0.717) is 12.5 Å². The molecule has 1 saturated heterocycles. The van der Waals surface area contributed by atoms with Gasteiger partial charge in [-0.1, -0.05) is 26.0 Å². The molecule has 130 valence electrons. The molecule has 0 aliphatic carbocycles. The molecule has 0 bridgehead atoms. The van der Waals surface area contributed by atoms with Crippen LogP contribution in [0.3, 0.4) is 0 Å². The van der Waals surface area contributed by atoms with Crippen molar-refractivity contribution in [2.75, 3.05) is 33.2 Å². The molecular weight excluding hydrogens is 307 g/mol. The number of rotatable bonds is 5. The summed E-state index contributed by atoms with van der Waals surface area (Å²) in [6, 6.07) is 6.69. The number of piperazine rings is 1. The van der Waals surface area contributed by atoms with E-state index in [9.17, 15) is 4.39 Å². The van der Waals surface area contributed by atoms with E-state index in [-0.39, 0.29) is 11.9 Å². The number of halogens is 1. The summed E-state index contributed by atoms with van der Waals surface area (Å²) in [5, 5.41) is 12.4. The van der Waals surface area contributed by atoms with Crippen LogP contribution in [0, 0.1) is 11.7 Å². The second-order valence-electron chi connectivity index (χ2n) is 6.85. The number of tetrazole rings is 1. The maximum atomic E-state index is 13.1. The van der Waals surface area contributed by atoms with Gasteiger partial charge in [-0.2, -0.15) is 0 Å². The molecule has 0 radical (unpaired) electrons. The molecule has 1 aliphatic rings. The van der Waals surface area contributed by atoms with Crippen molar-refractivity contribution >= 4 is 0 Å². The predicted molar refractivity (Wildman–Crippen MR) is 90.0 cm³/mol. The van der Waals surface area contributed by atoms with Crippen LogP contribution >= 0.6 is 0 Å². The number of aromatic nitrogens is 4. The first kappa shape index (κ1) is 17.0. The molecule has 1 fully saturated rings. The zero-order valence-corrected chi connectivity index (χ0v) is 14.6. The SMILES string of the molecule is CC(C)C(c1nnnn1Cc1ccc(F)cc1)N1CCN(C)CC1. The number of likely N-dealkylation sites (N-methyl/N-ethyl adjacent to an activating group) is 1. The molecule has 0 N–H and O–H groups in total. The lowest BCUT2D eigenvalue weighted by Gasteiger charge is -2.39. The van der Waals surface area contributed by atoms with E-state index in [2.05, 4.69) is 46.2 Å². The summed E-state index contributed by atoms with van der Waals surface area (Å²) in [5.41, 5.74) is 0.992. The standard InChI is InChI=1S/C17H25FN6/c1-13(2)16(23-10-8-22(3)9-11-23)17-19-20-21-24(17)12-14-4-6-15(18)7-5-14/h4-7,13,16H,8-12H2,1-3H3. The van der Waals surface area contributed by atoms with Crippen LogP contribution in [0.5, 0.6) is 0 Å².